The Morgan fingerprint density at radius 3 is 2.31 bits per heavy atom. The average molecular weight is 828 g/mol. The number of carbonyl (C=O) groups is 5. The summed E-state index contributed by atoms with van der Waals surface area (Å²) in [5.41, 5.74) is 5.56. The monoisotopic (exact) mass is 827 g/mol. The van der Waals surface area contributed by atoms with E-state index < -0.39 is 65.5 Å². The predicted molar refractivity (Wildman–Crippen MR) is 222 cm³/mol. The van der Waals surface area contributed by atoms with Crippen LogP contribution in [-0.2, 0) is 34.0 Å². The fourth-order valence-corrected chi connectivity index (χ4v) is 8.77. The summed E-state index contributed by atoms with van der Waals surface area (Å²) in [6.45, 7) is 3.03. The second kappa shape index (κ2) is 18.5. The number of morpholine rings is 1. The summed E-state index contributed by atoms with van der Waals surface area (Å²) >= 11 is 0. The van der Waals surface area contributed by atoms with Gasteiger partial charge in [0.1, 0.15) is 36.5 Å². The van der Waals surface area contributed by atoms with Crippen molar-refractivity contribution >= 4 is 35.6 Å². The summed E-state index contributed by atoms with van der Waals surface area (Å²) in [6.07, 6.45) is -0.511. The van der Waals surface area contributed by atoms with E-state index in [4.69, 9.17) is 24.7 Å². The van der Waals surface area contributed by atoms with Gasteiger partial charge in [-0.15, -0.1) is 6.58 Å². The van der Waals surface area contributed by atoms with Crippen LogP contribution in [0.25, 0.3) is 0 Å². The van der Waals surface area contributed by atoms with Gasteiger partial charge in [-0.25, -0.2) is 14.5 Å². The van der Waals surface area contributed by atoms with Crippen molar-refractivity contribution in [2.24, 2.45) is 11.7 Å². The van der Waals surface area contributed by atoms with Crippen LogP contribution in [0.3, 0.4) is 0 Å². The minimum absolute atomic E-state index is 0.0228. The Morgan fingerprint density at radius 2 is 1.62 bits per heavy atom. The predicted octanol–water partition coefficient (Wildman–Crippen LogP) is 3.83. The van der Waals surface area contributed by atoms with Crippen LogP contribution >= 0.6 is 0 Å². The van der Waals surface area contributed by atoms with Gasteiger partial charge in [0.15, 0.2) is 0 Å². The number of ether oxygens (including phenoxy) is 4. The fraction of sp³-hybridized carbons (Fsp3) is 0.283. The smallest absolute Gasteiger partial charge is 0.421 e. The number of urea groups is 1. The van der Waals surface area contributed by atoms with Gasteiger partial charge >= 0.3 is 18.1 Å². The number of imide groups is 1. The number of carbonyl (C=O) groups excluding carboxylic acids is 5. The number of nitrogens with one attached hydrogen (secondary N) is 2. The van der Waals surface area contributed by atoms with E-state index in [9.17, 15) is 14.7 Å². The lowest BCUT2D eigenvalue weighted by Crippen LogP contribution is -2.55. The molecule has 314 valence electrons. The lowest BCUT2D eigenvalue weighted by molar-refractivity contribution is -0.178. The summed E-state index contributed by atoms with van der Waals surface area (Å²) in [5, 5.41) is 15.2. The van der Waals surface area contributed by atoms with Crippen molar-refractivity contribution in [3.8, 4) is 17.6 Å². The van der Waals surface area contributed by atoms with Gasteiger partial charge in [-0.05, 0) is 41.0 Å². The van der Waals surface area contributed by atoms with E-state index in [-0.39, 0.29) is 56.5 Å². The molecule has 15 heteroatoms. The number of rotatable bonds is 13. The topological polar surface area (TPSA) is 199 Å². The number of hydrogen-bond donors (Lipinski definition) is 4. The van der Waals surface area contributed by atoms with Crippen LogP contribution in [0, 0.1) is 17.8 Å². The molecule has 0 aromatic heterocycles. The first kappa shape index (κ1) is 42.1. The Bertz CT molecular complexity index is 2370. The highest BCUT2D eigenvalue weighted by Gasteiger charge is 2.76. The second-order valence-electron chi connectivity index (χ2n) is 14.4. The number of methoxy groups -OCH3 is 1. The molecule has 0 unspecified atom stereocenters. The molecule has 4 aromatic carbocycles. The zero-order valence-electron chi connectivity index (χ0n) is 33.3. The number of hydrogen-bond acceptors (Lipinski definition) is 11. The van der Waals surface area contributed by atoms with Crippen molar-refractivity contribution in [2.75, 3.05) is 51.5 Å². The van der Waals surface area contributed by atoms with E-state index in [2.05, 4.69) is 29.1 Å². The Morgan fingerprint density at radius 1 is 0.918 bits per heavy atom. The number of cyclic esters (lactones) is 1. The van der Waals surface area contributed by atoms with Gasteiger partial charge in [0.25, 0.3) is 0 Å². The fourth-order valence-electron chi connectivity index (χ4n) is 8.77. The van der Waals surface area contributed by atoms with Gasteiger partial charge in [0.2, 0.25) is 11.8 Å². The number of nitrogens with two attached hydrogens (primary N) is 1. The zero-order valence-corrected chi connectivity index (χ0v) is 33.3. The zero-order chi connectivity index (χ0) is 43.1. The third-order valence-electron chi connectivity index (χ3n) is 11.0. The number of nitrogens with zero attached hydrogens (tertiary/aromatic N) is 2. The normalized spacial score (nSPS) is 22.6. The molecule has 2 saturated heterocycles. The van der Waals surface area contributed by atoms with E-state index in [0.29, 0.717) is 22.3 Å². The van der Waals surface area contributed by atoms with Crippen molar-refractivity contribution in [3.05, 3.63) is 144 Å². The molecule has 5 amide bonds. The average Bonchev–Trinajstić information content (AvgIpc) is 3.73. The molecule has 2 fully saturated rings. The summed E-state index contributed by atoms with van der Waals surface area (Å²) in [6, 6.07) is 25.8. The Kier molecular flexibility index (Phi) is 12.8. The molecule has 1 spiro atoms. The van der Waals surface area contributed by atoms with Crippen molar-refractivity contribution in [1.82, 2.24) is 15.5 Å². The van der Waals surface area contributed by atoms with Crippen molar-refractivity contribution < 1.29 is 48.0 Å². The number of anilines is 1. The molecule has 3 aliphatic rings. The summed E-state index contributed by atoms with van der Waals surface area (Å²) in [7, 11) is 1.44. The van der Waals surface area contributed by atoms with Gasteiger partial charge in [-0.2, -0.15) is 0 Å². The van der Waals surface area contributed by atoms with E-state index in [1.807, 2.05) is 65.6 Å². The number of primary amides is 1. The third-order valence-corrected chi connectivity index (χ3v) is 11.0. The highest BCUT2D eigenvalue weighted by molar-refractivity contribution is 6.23. The molecular weight excluding hydrogens is 783 g/mol. The number of aliphatic hydroxyl groups is 1. The Labute approximate surface area is 352 Å². The highest BCUT2D eigenvalue weighted by atomic mass is 16.6. The molecule has 3 aliphatic heterocycles. The van der Waals surface area contributed by atoms with Crippen LogP contribution in [0.15, 0.2) is 116 Å². The number of benzene rings is 4. The summed E-state index contributed by atoms with van der Waals surface area (Å²) in [5.74, 6) is 2.21. The summed E-state index contributed by atoms with van der Waals surface area (Å²) in [4.78, 5) is 74.8. The van der Waals surface area contributed by atoms with E-state index in [1.165, 1.54) is 19.3 Å². The van der Waals surface area contributed by atoms with Crippen molar-refractivity contribution in [3.63, 3.8) is 0 Å². The van der Waals surface area contributed by atoms with Gasteiger partial charge in [0.05, 0.1) is 43.4 Å². The minimum Gasteiger partial charge on any atom is -0.491 e. The molecule has 0 bridgehead atoms. The molecule has 0 aliphatic carbocycles. The number of fused-ring (bicyclic) bond motifs is 3. The molecule has 61 heavy (non-hydrogen) atoms. The first-order valence-electron chi connectivity index (χ1n) is 19.6. The van der Waals surface area contributed by atoms with Crippen LogP contribution < -0.4 is 26.0 Å². The molecule has 0 radical (unpaired) electrons. The molecule has 6 atom stereocenters. The van der Waals surface area contributed by atoms with Gasteiger partial charge in [-0.1, -0.05) is 96.8 Å². The van der Waals surface area contributed by atoms with Crippen LogP contribution in [-0.4, -0.2) is 92.6 Å². The molecule has 7 rings (SSSR count). The van der Waals surface area contributed by atoms with Gasteiger partial charge < -0.3 is 40.4 Å². The maximum absolute atomic E-state index is 16.1. The summed E-state index contributed by atoms with van der Waals surface area (Å²) < 4.78 is 23.4. The van der Waals surface area contributed by atoms with Crippen molar-refractivity contribution in [1.29, 1.82) is 0 Å². The molecule has 5 N–H and O–H groups in total. The van der Waals surface area contributed by atoms with Gasteiger partial charge in [-0.3, -0.25) is 19.3 Å². The molecular formula is C46H45N5O10. The minimum atomic E-state index is -2.11. The number of amides is 5. The first-order chi connectivity index (χ1) is 29.7. The van der Waals surface area contributed by atoms with Gasteiger partial charge in [0, 0.05) is 24.8 Å². The van der Waals surface area contributed by atoms with E-state index in [0.717, 1.165) is 4.90 Å². The van der Waals surface area contributed by atoms with Crippen LogP contribution in [0.1, 0.15) is 46.0 Å². The largest absolute Gasteiger partial charge is 0.491 e. The van der Waals surface area contributed by atoms with E-state index in [1.54, 1.807) is 36.4 Å². The lowest BCUT2D eigenvalue weighted by Gasteiger charge is -2.46. The van der Waals surface area contributed by atoms with Crippen molar-refractivity contribution in [2.45, 2.75) is 29.6 Å². The highest BCUT2D eigenvalue weighted by Crippen LogP contribution is 2.66. The number of esters is 1. The Balaban J connectivity index is 1.59. The number of para-hydroxylation sites is 1. The molecule has 0 saturated carbocycles. The lowest BCUT2D eigenvalue weighted by atomic mass is 9.65. The van der Waals surface area contributed by atoms with E-state index >= 15 is 14.4 Å². The first-order valence-corrected chi connectivity index (χ1v) is 19.6. The molecule has 3 heterocycles. The maximum Gasteiger partial charge on any atom is 0.421 e. The SMILES string of the molecule is C=CCNC(=O)[C@@H]1[C@H]2C(=O)O[C@H](c3ccccc3)[C@H](c3ccccc3)N2[C@H](c2ccccc2OCCO)[C@@]12C(=O)N(C(=O)OCCOC)c1ccc(C#CCNC(N)=O)cc12. The number of aliphatic hydroxyl groups excluding tert-OH is 1. The molecule has 4 aromatic rings. The quantitative estimate of drug-likeness (QED) is 0.0662. The van der Waals surface area contributed by atoms with Crippen LogP contribution in [0.4, 0.5) is 15.3 Å². The Hall–Kier alpha value is -6.99. The maximum atomic E-state index is 16.1. The van der Waals surface area contributed by atoms with Crippen LogP contribution in [0.5, 0.6) is 5.75 Å². The second-order valence-corrected chi connectivity index (χ2v) is 14.4. The standard InChI is InChI=1S/C46H45N5O10/c1-3-22-48-41(53)36-38-42(54)61-39(31-16-8-5-9-17-31)37(30-14-6-4-7-15-30)51(38)40(32-18-10-11-19-35(32)59-25-24-52)46(36)33-28-29(13-12-23-49-44(47)56)20-21-34(33)50(43(46)55)45(57)60-27-26-58-2/h3-11,14-21,28,36-40,52H,1,22-27H2,2H3,(H,48,53)(H3,47,49,56)/t36-,37-,38-,39+,40+,46-/m0/s1. The van der Waals surface area contributed by atoms with Crippen LogP contribution in [0.2, 0.25) is 0 Å². The third kappa shape index (κ3) is 7.80. The molecule has 15 nitrogen and oxygen atoms in total.